The summed E-state index contributed by atoms with van der Waals surface area (Å²) in [5.41, 5.74) is 13.8. The Bertz CT molecular complexity index is 3280. The first-order valence-electron chi connectivity index (χ1n) is 55.6. The molecule has 13 aliphatic rings. The molecule has 0 N–H and O–H groups in total. The molecule has 131 heavy (non-hydrogen) atoms. The molecule has 10 fully saturated rings. The molecule has 3 nitrogen and oxygen atoms in total. The SMILES string of the molecule is CC(C)(C)C1=C(C(C)(C)C)CCC1.CC(C)(C)C1=C(C(C)(C)C)CCCC1.CC(C)(C)C1C2C=CC(C2)C1C(C)(C)C.CC(C)(C)C1C2CCC(C2)C1C(C)(C)C.CC(C)(C)C1C2CCC(O2)C1C(C)(C)C.CC(C)(C)C1CC(F)(F)CC1C(C)(C)C.CC(C)(C)C1CC2(CC1C(C)(C)C)OCCO2.CC(C)(C)C1CCCC1C(C)(C)C.CC(C)(C)C1CCCCC1C(C)(C)C. The van der Waals surface area contributed by atoms with Crippen LogP contribution >= 0.6 is 0 Å². The first kappa shape index (κ1) is 120. The maximum atomic E-state index is 13.5. The molecule has 0 amide bonds. The van der Waals surface area contributed by atoms with Crippen LogP contribution in [-0.4, -0.2) is 37.1 Å². The van der Waals surface area contributed by atoms with Crippen molar-refractivity contribution in [3.05, 3.63) is 34.4 Å². The topological polar surface area (TPSA) is 27.7 Å². The third-order valence-electron chi connectivity index (χ3n) is 36.0. The lowest BCUT2D eigenvalue weighted by molar-refractivity contribution is -0.157. The second-order valence-electron chi connectivity index (χ2n) is 65.7. The summed E-state index contributed by atoms with van der Waals surface area (Å²) in [5, 5.41) is 0. The highest BCUT2D eigenvalue weighted by Crippen LogP contribution is 2.66. The van der Waals surface area contributed by atoms with Gasteiger partial charge in [0.1, 0.15) is 0 Å². The maximum Gasteiger partial charge on any atom is 0.248 e. The number of ether oxygens (including phenoxy) is 3. The summed E-state index contributed by atoms with van der Waals surface area (Å²) in [5.74, 6) is 11.6. The van der Waals surface area contributed by atoms with Crippen molar-refractivity contribution in [1.29, 1.82) is 0 Å². The second kappa shape index (κ2) is 42.9. The van der Waals surface area contributed by atoms with Gasteiger partial charge in [0.2, 0.25) is 5.92 Å². The van der Waals surface area contributed by atoms with Crippen LogP contribution in [-0.2, 0) is 14.2 Å². The Hall–Kier alpha value is -1.04. The maximum absolute atomic E-state index is 13.5. The van der Waals surface area contributed by atoms with Gasteiger partial charge >= 0.3 is 0 Å². The van der Waals surface area contributed by atoms with Gasteiger partial charge in [-0.15, -0.1) is 0 Å². The summed E-state index contributed by atoms with van der Waals surface area (Å²) < 4.78 is 45.0. The van der Waals surface area contributed by atoms with Crippen LogP contribution in [0.2, 0.25) is 0 Å². The molecular weight excluding hydrogens is 1600 g/mol. The van der Waals surface area contributed by atoms with Crippen LogP contribution < -0.4 is 0 Å². The van der Waals surface area contributed by atoms with Gasteiger partial charge in [-0.1, -0.05) is 428 Å². The Labute approximate surface area is 821 Å². The monoisotopic (exact) mass is 1840 g/mol. The lowest BCUT2D eigenvalue weighted by Crippen LogP contribution is -2.42. The van der Waals surface area contributed by atoms with Crippen molar-refractivity contribution in [3.63, 3.8) is 0 Å². The molecule has 10 aliphatic carbocycles. The largest absolute Gasteiger partial charge is 0.374 e. The normalized spacial score (nSPS) is 32.5. The highest BCUT2D eigenvalue weighted by molar-refractivity contribution is 5.29. The van der Waals surface area contributed by atoms with Crippen molar-refractivity contribution in [2.75, 3.05) is 13.2 Å². The highest BCUT2D eigenvalue weighted by Gasteiger charge is 2.61. The number of rotatable bonds is 0. The summed E-state index contributed by atoms with van der Waals surface area (Å²) in [6, 6.07) is 0. The summed E-state index contributed by atoms with van der Waals surface area (Å²) in [6.45, 7) is 129. The van der Waals surface area contributed by atoms with Crippen LogP contribution in [0.1, 0.15) is 528 Å². The standard InChI is InChI=1S/C15H28O2.C15H28.C15H26.C14H26O.C14H28.C14H26.C13H24F2.C13H26.C13H24/c1-13(2,3)11-9-15(16-7-8-17-15)10-12(11)14(4,5)6;2*1-14(2,3)12-10-7-8-11(9-10)13(12)15(4,5)6;1-13(2,3)11-9-7-8-10(15-9)12(11)14(4,5)6;2*1-13(2,3)11-9-7-8-10-12(11)14(4,5)6;1-11(2,3)9-7-13(14,15)8-10(9)12(4,5)6;2*1-12(2,3)10-8-7-9-11(10)13(4,5)6/h11-12H,7-10H2,1-6H3;10-13H,7-9H2,1-6H3;7-8,10-13H,9H2,1-6H3;9-12H,7-8H2,1-6H3;11-12H,7-10H2,1-6H3;7-10H2,1-6H3;9-10H,7-8H2,1-6H3;10-11H,7-9H2,1-6H3;7-9H2,1-6H3. The van der Waals surface area contributed by atoms with Gasteiger partial charge in [0.25, 0.3) is 0 Å². The molecule has 6 bridgehead atoms. The van der Waals surface area contributed by atoms with Gasteiger partial charge in [0, 0.05) is 25.7 Å². The number of allylic oxidation sites excluding steroid dienone is 6. The number of fused-ring (bicyclic) bond motifs is 6. The average Bonchev–Trinajstić information content (AvgIpc) is 1.57. The van der Waals surface area contributed by atoms with Gasteiger partial charge < -0.3 is 14.2 Å². The van der Waals surface area contributed by atoms with Gasteiger partial charge in [0.05, 0.1) is 25.4 Å². The van der Waals surface area contributed by atoms with E-state index < -0.39 is 5.92 Å². The Morgan fingerprint density at radius 1 is 0.229 bits per heavy atom. The van der Waals surface area contributed by atoms with Crippen molar-refractivity contribution in [2.24, 2.45) is 204 Å². The lowest BCUT2D eigenvalue weighted by Gasteiger charge is -2.46. The van der Waals surface area contributed by atoms with Crippen LogP contribution in [0.5, 0.6) is 0 Å². The van der Waals surface area contributed by atoms with Crippen molar-refractivity contribution in [2.45, 2.75) is 552 Å². The van der Waals surface area contributed by atoms with Crippen LogP contribution in [0.4, 0.5) is 8.78 Å². The predicted octanol–water partition coefficient (Wildman–Crippen LogP) is 40.6. The number of alkyl halides is 2. The second-order valence-corrected chi connectivity index (χ2v) is 65.7. The van der Waals surface area contributed by atoms with Gasteiger partial charge in [-0.25, -0.2) is 8.78 Å². The minimum atomic E-state index is -2.45. The molecule has 0 radical (unpaired) electrons. The Morgan fingerprint density at radius 3 is 0.687 bits per heavy atom. The van der Waals surface area contributed by atoms with E-state index >= 15 is 0 Å². The fourth-order valence-electron chi connectivity index (χ4n) is 30.5. The molecule has 3 saturated heterocycles. The Kier molecular flexibility index (Phi) is 39.4. The van der Waals surface area contributed by atoms with Crippen LogP contribution in [0.3, 0.4) is 0 Å². The van der Waals surface area contributed by atoms with Gasteiger partial charge in [-0.3, -0.25) is 0 Å². The van der Waals surface area contributed by atoms with Crippen LogP contribution in [0.15, 0.2) is 34.4 Å². The van der Waals surface area contributed by atoms with Gasteiger partial charge in [0.15, 0.2) is 5.79 Å². The van der Waals surface area contributed by atoms with E-state index in [9.17, 15) is 8.78 Å². The molecule has 13 rings (SSSR count). The third kappa shape index (κ3) is 33.5. The fourth-order valence-corrected chi connectivity index (χ4v) is 30.5. The van der Waals surface area contributed by atoms with Crippen molar-refractivity contribution in [3.8, 4) is 0 Å². The van der Waals surface area contributed by atoms with E-state index in [0.29, 0.717) is 111 Å². The zero-order chi connectivity index (χ0) is 102. The minimum Gasteiger partial charge on any atom is -0.374 e. The highest BCUT2D eigenvalue weighted by atomic mass is 19.3. The molecule has 0 aromatic rings. The number of hydrogen-bond donors (Lipinski definition) is 0. The quantitative estimate of drug-likeness (QED) is 0.226. The van der Waals surface area contributed by atoms with Gasteiger partial charge in [-0.2, -0.15) is 0 Å². The lowest BCUT2D eigenvalue weighted by atomic mass is 9.59. The summed E-state index contributed by atoms with van der Waals surface area (Å²) in [4.78, 5) is 0. The average molecular weight is 1840 g/mol. The van der Waals surface area contributed by atoms with E-state index in [1.54, 1.807) is 22.3 Å². The van der Waals surface area contributed by atoms with Crippen LogP contribution in [0, 0.1) is 204 Å². The molecule has 5 heteroatoms. The summed E-state index contributed by atoms with van der Waals surface area (Å²) in [7, 11) is 0. The van der Waals surface area contributed by atoms with E-state index in [4.69, 9.17) is 14.2 Å². The Balaban J connectivity index is 0.000000261. The first-order valence-corrected chi connectivity index (χ1v) is 55.6. The van der Waals surface area contributed by atoms with Crippen molar-refractivity contribution in [1.82, 2.24) is 0 Å². The molecule has 0 aromatic heterocycles. The van der Waals surface area contributed by atoms with Gasteiger partial charge in [-0.05, 0) is 313 Å². The smallest absolute Gasteiger partial charge is 0.248 e. The minimum absolute atomic E-state index is 0.0160. The molecule has 3 heterocycles. The fraction of sp³-hybridized carbons (Fsp3) is 0.952. The zero-order valence-electron chi connectivity index (χ0n) is 99.1. The molecule has 772 valence electrons. The zero-order valence-corrected chi connectivity index (χ0v) is 99.1. The molecule has 1 spiro atoms. The van der Waals surface area contributed by atoms with E-state index in [1.165, 1.54) is 128 Å². The van der Waals surface area contributed by atoms with E-state index in [-0.39, 0.29) is 41.3 Å². The van der Waals surface area contributed by atoms with Crippen molar-refractivity contribution < 1.29 is 23.0 Å². The third-order valence-corrected chi connectivity index (χ3v) is 36.0. The summed E-state index contributed by atoms with van der Waals surface area (Å²) in [6.07, 6.45) is 36.5. The summed E-state index contributed by atoms with van der Waals surface area (Å²) >= 11 is 0. The first-order chi connectivity index (χ1) is 58.1. The molecular formula is C126H236F2O3. The molecule has 20 atom stereocenters. The van der Waals surface area contributed by atoms with E-state index in [2.05, 4.69) is 386 Å². The van der Waals surface area contributed by atoms with Crippen molar-refractivity contribution >= 4 is 0 Å². The molecule has 0 aromatic carbocycles. The van der Waals surface area contributed by atoms with Crippen LogP contribution in [0.25, 0.3) is 0 Å². The van der Waals surface area contributed by atoms with E-state index in [0.717, 1.165) is 109 Å². The molecule has 3 aliphatic heterocycles. The predicted molar refractivity (Wildman–Crippen MR) is 575 cm³/mol. The molecule has 20 unspecified atom stereocenters. The van der Waals surface area contributed by atoms with E-state index in [1.807, 2.05) is 0 Å². The number of hydrogen-bond acceptors (Lipinski definition) is 3. The number of halogens is 2. The molecule has 7 saturated carbocycles. The Morgan fingerprint density at radius 2 is 0.458 bits per heavy atom.